The summed E-state index contributed by atoms with van der Waals surface area (Å²) in [6.07, 6.45) is 0. The molecule has 0 saturated carbocycles. The molecular formula is C17H26N2O. The molecule has 1 fully saturated rings. The first-order valence-corrected chi connectivity index (χ1v) is 7.57. The van der Waals surface area contributed by atoms with Gasteiger partial charge in [-0.15, -0.1) is 0 Å². The number of benzene rings is 1. The van der Waals surface area contributed by atoms with Gasteiger partial charge in [-0.3, -0.25) is 9.69 Å². The van der Waals surface area contributed by atoms with E-state index in [1.165, 1.54) is 5.56 Å². The highest BCUT2D eigenvalue weighted by Gasteiger charge is 2.23. The number of carbonyl (C=O) groups is 1. The van der Waals surface area contributed by atoms with Gasteiger partial charge in [0.15, 0.2) is 0 Å². The number of hydrogen-bond acceptors (Lipinski definition) is 2. The molecule has 1 aliphatic heterocycles. The van der Waals surface area contributed by atoms with Crippen molar-refractivity contribution >= 4 is 5.91 Å². The molecule has 0 aliphatic carbocycles. The minimum atomic E-state index is 0.190. The van der Waals surface area contributed by atoms with Crippen molar-refractivity contribution in [1.29, 1.82) is 0 Å². The minimum absolute atomic E-state index is 0.190. The van der Waals surface area contributed by atoms with Gasteiger partial charge in [-0.05, 0) is 37.0 Å². The van der Waals surface area contributed by atoms with Crippen LogP contribution in [-0.2, 0) is 0 Å². The van der Waals surface area contributed by atoms with Gasteiger partial charge in [-0.2, -0.15) is 0 Å². The van der Waals surface area contributed by atoms with Gasteiger partial charge in [0.1, 0.15) is 0 Å². The van der Waals surface area contributed by atoms with Gasteiger partial charge in [-0.25, -0.2) is 0 Å². The molecule has 3 heteroatoms. The third-order valence-electron chi connectivity index (χ3n) is 4.12. The van der Waals surface area contributed by atoms with Crippen LogP contribution in [0.25, 0.3) is 0 Å². The topological polar surface area (TPSA) is 23.6 Å². The summed E-state index contributed by atoms with van der Waals surface area (Å²) in [5, 5.41) is 0. The molecule has 1 heterocycles. The van der Waals surface area contributed by atoms with Gasteiger partial charge in [0.2, 0.25) is 0 Å². The Bertz CT molecular complexity index is 474. The Morgan fingerprint density at radius 1 is 1.15 bits per heavy atom. The highest BCUT2D eigenvalue weighted by atomic mass is 16.2. The quantitative estimate of drug-likeness (QED) is 0.846. The van der Waals surface area contributed by atoms with Crippen molar-refractivity contribution in [2.24, 2.45) is 5.92 Å². The molecular weight excluding hydrogens is 248 g/mol. The zero-order chi connectivity index (χ0) is 14.7. The van der Waals surface area contributed by atoms with Crippen LogP contribution in [-0.4, -0.2) is 48.4 Å². The molecule has 20 heavy (non-hydrogen) atoms. The van der Waals surface area contributed by atoms with Gasteiger partial charge < -0.3 is 4.90 Å². The average Bonchev–Trinajstić information content (AvgIpc) is 2.41. The molecule has 110 valence electrons. The molecule has 1 aromatic carbocycles. The van der Waals surface area contributed by atoms with Crippen LogP contribution in [0.5, 0.6) is 0 Å². The fraction of sp³-hybridized carbons (Fsp3) is 0.588. The standard InChI is InChI=1S/C17H26N2O/c1-13(2)12-18-8-10-19(11-9-18)17(20)16-7-5-6-14(3)15(16)4/h5-7,13H,8-12H2,1-4H3. The van der Waals surface area contributed by atoms with E-state index >= 15 is 0 Å². The number of rotatable bonds is 3. The molecule has 2 rings (SSSR count). The third kappa shape index (κ3) is 3.40. The van der Waals surface area contributed by atoms with E-state index in [1.807, 2.05) is 24.0 Å². The van der Waals surface area contributed by atoms with Crippen LogP contribution in [0.1, 0.15) is 35.3 Å². The molecule has 0 atom stereocenters. The van der Waals surface area contributed by atoms with E-state index in [-0.39, 0.29) is 5.91 Å². The van der Waals surface area contributed by atoms with Crippen molar-refractivity contribution in [3.8, 4) is 0 Å². The number of aryl methyl sites for hydroxylation is 1. The zero-order valence-corrected chi connectivity index (χ0v) is 13.1. The Labute approximate surface area is 122 Å². The molecule has 0 spiro atoms. The molecule has 0 unspecified atom stereocenters. The predicted molar refractivity (Wildman–Crippen MR) is 83.1 cm³/mol. The molecule has 0 bridgehead atoms. The largest absolute Gasteiger partial charge is 0.336 e. The first kappa shape index (κ1) is 15.0. The van der Waals surface area contributed by atoms with E-state index in [9.17, 15) is 4.79 Å². The van der Waals surface area contributed by atoms with Crippen molar-refractivity contribution in [1.82, 2.24) is 9.80 Å². The fourth-order valence-electron chi connectivity index (χ4n) is 2.80. The van der Waals surface area contributed by atoms with E-state index in [1.54, 1.807) is 0 Å². The molecule has 0 N–H and O–H groups in total. The summed E-state index contributed by atoms with van der Waals surface area (Å²) in [4.78, 5) is 17.1. The summed E-state index contributed by atoms with van der Waals surface area (Å²) in [5.74, 6) is 0.881. The Hall–Kier alpha value is -1.35. The lowest BCUT2D eigenvalue weighted by atomic mass is 10.0. The van der Waals surface area contributed by atoms with Crippen LogP contribution in [0.3, 0.4) is 0 Å². The van der Waals surface area contributed by atoms with E-state index in [0.717, 1.165) is 43.9 Å². The maximum atomic E-state index is 12.6. The Morgan fingerprint density at radius 2 is 1.80 bits per heavy atom. The summed E-state index contributed by atoms with van der Waals surface area (Å²) < 4.78 is 0. The summed E-state index contributed by atoms with van der Waals surface area (Å²) in [6, 6.07) is 5.99. The van der Waals surface area contributed by atoms with Crippen LogP contribution in [0.15, 0.2) is 18.2 Å². The Balaban J connectivity index is 2.00. The summed E-state index contributed by atoms with van der Waals surface area (Å²) in [6.45, 7) is 13.4. The normalized spacial score (nSPS) is 16.8. The molecule has 0 aromatic heterocycles. The number of carbonyl (C=O) groups excluding carboxylic acids is 1. The van der Waals surface area contributed by atoms with Crippen LogP contribution < -0.4 is 0 Å². The Morgan fingerprint density at radius 3 is 2.40 bits per heavy atom. The van der Waals surface area contributed by atoms with Crippen molar-refractivity contribution in [3.63, 3.8) is 0 Å². The maximum absolute atomic E-state index is 12.6. The van der Waals surface area contributed by atoms with Crippen LogP contribution in [0.2, 0.25) is 0 Å². The van der Waals surface area contributed by atoms with Crippen LogP contribution >= 0.6 is 0 Å². The van der Waals surface area contributed by atoms with Crippen molar-refractivity contribution < 1.29 is 4.79 Å². The van der Waals surface area contributed by atoms with Crippen LogP contribution in [0.4, 0.5) is 0 Å². The van der Waals surface area contributed by atoms with Crippen molar-refractivity contribution in [3.05, 3.63) is 34.9 Å². The monoisotopic (exact) mass is 274 g/mol. The second kappa shape index (κ2) is 6.40. The van der Waals surface area contributed by atoms with E-state index in [2.05, 4.69) is 31.7 Å². The first-order valence-electron chi connectivity index (χ1n) is 7.57. The molecule has 1 aliphatic rings. The fourth-order valence-corrected chi connectivity index (χ4v) is 2.80. The average molecular weight is 274 g/mol. The van der Waals surface area contributed by atoms with Gasteiger partial charge in [0.05, 0.1) is 0 Å². The first-order chi connectivity index (χ1) is 9.49. The van der Waals surface area contributed by atoms with Gasteiger partial charge in [-0.1, -0.05) is 26.0 Å². The van der Waals surface area contributed by atoms with E-state index in [0.29, 0.717) is 5.92 Å². The SMILES string of the molecule is Cc1cccc(C(=O)N2CCN(CC(C)C)CC2)c1C. The third-order valence-corrected chi connectivity index (χ3v) is 4.12. The van der Waals surface area contributed by atoms with E-state index < -0.39 is 0 Å². The second-order valence-corrected chi connectivity index (χ2v) is 6.23. The summed E-state index contributed by atoms with van der Waals surface area (Å²) in [7, 11) is 0. The van der Waals surface area contributed by atoms with Gasteiger partial charge in [0.25, 0.3) is 5.91 Å². The van der Waals surface area contributed by atoms with Gasteiger partial charge >= 0.3 is 0 Å². The second-order valence-electron chi connectivity index (χ2n) is 6.23. The lowest BCUT2D eigenvalue weighted by molar-refractivity contribution is 0.0623. The highest BCUT2D eigenvalue weighted by molar-refractivity contribution is 5.96. The maximum Gasteiger partial charge on any atom is 0.254 e. The minimum Gasteiger partial charge on any atom is -0.336 e. The van der Waals surface area contributed by atoms with Crippen molar-refractivity contribution in [2.45, 2.75) is 27.7 Å². The molecule has 1 aromatic rings. The molecule has 1 saturated heterocycles. The van der Waals surface area contributed by atoms with Crippen molar-refractivity contribution in [2.75, 3.05) is 32.7 Å². The summed E-state index contributed by atoms with van der Waals surface area (Å²) in [5.41, 5.74) is 3.17. The lowest BCUT2D eigenvalue weighted by Gasteiger charge is -2.35. The molecule has 3 nitrogen and oxygen atoms in total. The number of piperazine rings is 1. The number of amides is 1. The molecule has 0 radical (unpaired) electrons. The molecule has 1 amide bonds. The number of hydrogen-bond donors (Lipinski definition) is 0. The van der Waals surface area contributed by atoms with Crippen LogP contribution in [0, 0.1) is 19.8 Å². The smallest absolute Gasteiger partial charge is 0.254 e. The van der Waals surface area contributed by atoms with Gasteiger partial charge in [0, 0.05) is 38.3 Å². The predicted octanol–water partition coefficient (Wildman–Crippen LogP) is 2.72. The lowest BCUT2D eigenvalue weighted by Crippen LogP contribution is -2.49. The number of nitrogens with zero attached hydrogens (tertiary/aromatic N) is 2. The Kier molecular flexibility index (Phi) is 4.81. The van der Waals surface area contributed by atoms with E-state index in [4.69, 9.17) is 0 Å². The zero-order valence-electron chi connectivity index (χ0n) is 13.1. The highest BCUT2D eigenvalue weighted by Crippen LogP contribution is 2.16. The summed E-state index contributed by atoms with van der Waals surface area (Å²) >= 11 is 0.